The lowest BCUT2D eigenvalue weighted by Gasteiger charge is -2.32. The van der Waals surface area contributed by atoms with E-state index < -0.39 is 29.0 Å². The number of hydrogen-bond donors (Lipinski definition) is 1. The molecule has 1 aliphatic rings. The van der Waals surface area contributed by atoms with Crippen molar-refractivity contribution in [2.45, 2.75) is 13.0 Å². The van der Waals surface area contributed by atoms with Crippen molar-refractivity contribution in [2.75, 3.05) is 38.5 Å². The first kappa shape index (κ1) is 22.4. The molecule has 32 heavy (non-hydrogen) atoms. The number of nitrogens with one attached hydrogen (secondary N) is 1. The molecular weight excluding hydrogens is 437 g/mol. The Balaban J connectivity index is 1.35. The van der Waals surface area contributed by atoms with Crippen LogP contribution in [0, 0.1) is 17.5 Å². The van der Waals surface area contributed by atoms with Crippen molar-refractivity contribution in [1.82, 2.24) is 14.8 Å². The van der Waals surface area contributed by atoms with Gasteiger partial charge in [0.15, 0.2) is 17.5 Å². The van der Waals surface area contributed by atoms with Crippen LogP contribution in [0.4, 0.5) is 18.9 Å². The normalized spacial score (nSPS) is 15.1. The molecule has 0 saturated carbocycles. The van der Waals surface area contributed by atoms with Crippen LogP contribution in [0.15, 0.2) is 41.8 Å². The predicted molar refractivity (Wildman–Crippen MR) is 119 cm³/mol. The van der Waals surface area contributed by atoms with E-state index in [1.165, 1.54) is 16.9 Å². The van der Waals surface area contributed by atoms with Gasteiger partial charge >= 0.3 is 0 Å². The smallest absolute Gasteiger partial charge is 0.230 e. The minimum Gasteiger partial charge on any atom is -0.323 e. The van der Waals surface area contributed by atoms with E-state index in [0.717, 1.165) is 55.4 Å². The van der Waals surface area contributed by atoms with Gasteiger partial charge in [-0.2, -0.15) is 0 Å². The largest absolute Gasteiger partial charge is 0.323 e. The Labute approximate surface area is 188 Å². The summed E-state index contributed by atoms with van der Waals surface area (Å²) in [5.74, 6) is -4.91. The molecule has 0 atom stereocenters. The first-order chi connectivity index (χ1) is 15.4. The molecule has 5 nitrogen and oxygen atoms in total. The minimum absolute atomic E-state index is 0.101. The van der Waals surface area contributed by atoms with Crippen molar-refractivity contribution in [3.8, 4) is 10.6 Å². The Kier molecular flexibility index (Phi) is 6.88. The molecule has 1 N–H and O–H groups in total. The molecule has 0 bridgehead atoms. The molecule has 9 heteroatoms. The predicted octanol–water partition coefficient (Wildman–Crippen LogP) is 4.16. The number of likely N-dealkylation sites (N-methyl/N-ethyl adjacent to an activating group) is 1. The average molecular weight is 461 g/mol. The first-order valence-corrected chi connectivity index (χ1v) is 11.1. The summed E-state index contributed by atoms with van der Waals surface area (Å²) in [6.07, 6.45) is -0.101. The summed E-state index contributed by atoms with van der Waals surface area (Å²) in [5.41, 5.74) is 2.31. The van der Waals surface area contributed by atoms with E-state index in [9.17, 15) is 18.0 Å². The molecule has 1 saturated heterocycles. The zero-order valence-electron chi connectivity index (χ0n) is 17.6. The molecular formula is C23H23F3N4OS. The molecule has 0 radical (unpaired) electrons. The molecule has 4 rings (SSSR count). The van der Waals surface area contributed by atoms with Gasteiger partial charge in [0.1, 0.15) is 5.01 Å². The molecule has 2 heterocycles. The Hall–Kier alpha value is -2.75. The van der Waals surface area contributed by atoms with E-state index >= 15 is 0 Å². The fourth-order valence-corrected chi connectivity index (χ4v) is 4.34. The second kappa shape index (κ2) is 9.81. The van der Waals surface area contributed by atoms with Gasteiger partial charge in [-0.05, 0) is 24.7 Å². The molecule has 1 fully saturated rings. The van der Waals surface area contributed by atoms with Crippen LogP contribution in [0.2, 0.25) is 0 Å². The number of thiazole rings is 1. The Morgan fingerprint density at radius 1 is 1.03 bits per heavy atom. The lowest BCUT2D eigenvalue weighted by molar-refractivity contribution is -0.115. The zero-order valence-corrected chi connectivity index (χ0v) is 18.4. The second-order valence-electron chi connectivity index (χ2n) is 7.87. The summed E-state index contributed by atoms with van der Waals surface area (Å²) in [5, 5.41) is 4.80. The third-order valence-corrected chi connectivity index (χ3v) is 6.35. The Bertz CT molecular complexity index is 1100. The topological polar surface area (TPSA) is 48.5 Å². The number of amides is 1. The van der Waals surface area contributed by atoms with Gasteiger partial charge in [-0.1, -0.05) is 24.3 Å². The second-order valence-corrected chi connectivity index (χ2v) is 8.73. The highest BCUT2D eigenvalue weighted by Crippen LogP contribution is 2.25. The maximum atomic E-state index is 13.7. The summed E-state index contributed by atoms with van der Waals surface area (Å²) in [6, 6.07) is 9.97. The van der Waals surface area contributed by atoms with Gasteiger partial charge in [0.25, 0.3) is 0 Å². The fraction of sp³-hybridized carbons (Fsp3) is 0.304. The number of benzene rings is 2. The van der Waals surface area contributed by atoms with Crippen LogP contribution < -0.4 is 5.32 Å². The van der Waals surface area contributed by atoms with Crippen molar-refractivity contribution < 1.29 is 18.0 Å². The van der Waals surface area contributed by atoms with Gasteiger partial charge < -0.3 is 10.2 Å². The molecule has 1 amide bonds. The monoisotopic (exact) mass is 460 g/mol. The third kappa shape index (κ3) is 5.35. The zero-order chi connectivity index (χ0) is 22.7. The number of hydrogen-bond acceptors (Lipinski definition) is 5. The maximum absolute atomic E-state index is 13.7. The van der Waals surface area contributed by atoms with E-state index in [1.807, 2.05) is 12.1 Å². The number of carbonyl (C=O) groups is 1. The Morgan fingerprint density at radius 3 is 2.47 bits per heavy atom. The number of halogens is 3. The molecule has 0 unspecified atom stereocenters. The molecule has 168 valence electrons. The highest BCUT2D eigenvalue weighted by molar-refractivity contribution is 7.13. The van der Waals surface area contributed by atoms with E-state index in [4.69, 9.17) is 0 Å². The fourth-order valence-electron chi connectivity index (χ4n) is 3.52. The van der Waals surface area contributed by atoms with E-state index in [1.54, 1.807) is 5.38 Å². The lowest BCUT2D eigenvalue weighted by Crippen LogP contribution is -2.43. The van der Waals surface area contributed by atoms with Crippen LogP contribution in [0.1, 0.15) is 11.3 Å². The van der Waals surface area contributed by atoms with Crippen LogP contribution >= 0.6 is 11.3 Å². The van der Waals surface area contributed by atoms with E-state index in [0.29, 0.717) is 5.69 Å². The lowest BCUT2D eigenvalue weighted by atomic mass is 10.1. The standard InChI is InChI=1S/C23H23F3N4OS/c1-29-8-10-30(11-9-29)13-15-2-4-16(5-3-15)23-27-17(14-32-23)12-20(31)28-19-7-6-18(24)21(25)22(19)26/h2-7,14H,8-13H2,1H3,(H,28,31). The molecule has 0 spiro atoms. The minimum atomic E-state index is -1.62. The van der Waals surface area contributed by atoms with Crippen molar-refractivity contribution >= 4 is 22.9 Å². The van der Waals surface area contributed by atoms with Crippen LogP contribution in [-0.4, -0.2) is 53.9 Å². The van der Waals surface area contributed by atoms with Crippen molar-refractivity contribution in [3.05, 3.63) is 70.5 Å². The van der Waals surface area contributed by atoms with Gasteiger partial charge in [0.2, 0.25) is 5.91 Å². The summed E-state index contributed by atoms with van der Waals surface area (Å²) < 4.78 is 40.1. The average Bonchev–Trinajstić information content (AvgIpc) is 3.24. The number of aromatic nitrogens is 1. The van der Waals surface area contributed by atoms with Crippen molar-refractivity contribution in [2.24, 2.45) is 0 Å². The summed E-state index contributed by atoms with van der Waals surface area (Å²) in [7, 11) is 2.14. The number of rotatable bonds is 6. The number of nitrogens with zero attached hydrogens (tertiary/aromatic N) is 3. The summed E-state index contributed by atoms with van der Waals surface area (Å²) in [6.45, 7) is 5.19. The first-order valence-electron chi connectivity index (χ1n) is 10.3. The molecule has 2 aromatic carbocycles. The van der Waals surface area contributed by atoms with Gasteiger partial charge in [0, 0.05) is 43.7 Å². The van der Waals surface area contributed by atoms with Crippen LogP contribution in [0.3, 0.4) is 0 Å². The van der Waals surface area contributed by atoms with E-state index in [2.05, 4.69) is 39.3 Å². The maximum Gasteiger partial charge on any atom is 0.230 e. The number of carbonyl (C=O) groups excluding carboxylic acids is 1. The van der Waals surface area contributed by atoms with Crippen molar-refractivity contribution in [3.63, 3.8) is 0 Å². The van der Waals surface area contributed by atoms with Crippen LogP contribution in [-0.2, 0) is 17.8 Å². The van der Waals surface area contributed by atoms with E-state index in [-0.39, 0.29) is 6.42 Å². The van der Waals surface area contributed by atoms with Gasteiger partial charge in [0.05, 0.1) is 17.8 Å². The van der Waals surface area contributed by atoms with Crippen molar-refractivity contribution in [1.29, 1.82) is 0 Å². The quantitative estimate of drug-likeness (QED) is 0.562. The highest BCUT2D eigenvalue weighted by atomic mass is 32.1. The van der Waals surface area contributed by atoms with Crippen LogP contribution in [0.25, 0.3) is 10.6 Å². The van der Waals surface area contributed by atoms with Gasteiger partial charge in [-0.3, -0.25) is 9.69 Å². The SMILES string of the molecule is CN1CCN(Cc2ccc(-c3nc(CC(=O)Nc4ccc(F)c(F)c4F)cs3)cc2)CC1. The highest BCUT2D eigenvalue weighted by Gasteiger charge is 2.17. The van der Waals surface area contributed by atoms with Gasteiger partial charge in [-0.25, -0.2) is 18.2 Å². The molecule has 1 aliphatic heterocycles. The summed E-state index contributed by atoms with van der Waals surface area (Å²) >= 11 is 1.41. The van der Waals surface area contributed by atoms with Gasteiger partial charge in [-0.15, -0.1) is 11.3 Å². The Morgan fingerprint density at radius 2 is 1.75 bits per heavy atom. The number of anilines is 1. The molecule has 1 aromatic heterocycles. The third-order valence-electron chi connectivity index (χ3n) is 5.41. The molecule has 3 aromatic rings. The molecule has 0 aliphatic carbocycles. The number of piperazine rings is 1. The summed E-state index contributed by atoms with van der Waals surface area (Å²) in [4.78, 5) is 21.4. The van der Waals surface area contributed by atoms with Crippen LogP contribution in [0.5, 0.6) is 0 Å².